The van der Waals surface area contributed by atoms with Crippen LogP contribution in [0.5, 0.6) is 0 Å². The Morgan fingerprint density at radius 2 is 1.73 bits per heavy atom. The molecule has 140 valence electrons. The van der Waals surface area contributed by atoms with E-state index < -0.39 is 0 Å². The lowest BCUT2D eigenvalue weighted by atomic mass is 9.79. The van der Waals surface area contributed by atoms with Gasteiger partial charge in [-0.15, -0.1) is 0 Å². The van der Waals surface area contributed by atoms with Gasteiger partial charge in [-0.05, 0) is 52.7 Å². The van der Waals surface area contributed by atoms with Gasteiger partial charge in [0, 0.05) is 35.5 Å². The summed E-state index contributed by atoms with van der Waals surface area (Å²) in [6, 6.07) is 14.2. The molecule has 0 bridgehead atoms. The highest BCUT2D eigenvalue weighted by Crippen LogP contribution is 2.28. The number of piperidine rings is 1. The Kier molecular flexibility index (Phi) is 5.24. The highest BCUT2D eigenvalue weighted by Gasteiger charge is 2.38. The van der Waals surface area contributed by atoms with Crippen LogP contribution in [0.1, 0.15) is 52.7 Å². The molecular formula is C22H30N2O2. The van der Waals surface area contributed by atoms with E-state index in [0.29, 0.717) is 12.8 Å². The Morgan fingerprint density at radius 3 is 2.38 bits per heavy atom. The molecular weight excluding hydrogens is 324 g/mol. The second-order valence-electron chi connectivity index (χ2n) is 8.70. The van der Waals surface area contributed by atoms with Gasteiger partial charge in [-0.3, -0.25) is 4.79 Å². The van der Waals surface area contributed by atoms with E-state index in [2.05, 4.69) is 38.3 Å². The summed E-state index contributed by atoms with van der Waals surface area (Å²) in [5.74, 6) is 1.80. The smallest absolute Gasteiger partial charge is 0.220 e. The van der Waals surface area contributed by atoms with E-state index in [1.165, 1.54) is 0 Å². The summed E-state index contributed by atoms with van der Waals surface area (Å²) in [5, 5.41) is 6.86. The lowest BCUT2D eigenvalue weighted by Crippen LogP contribution is -2.62. The van der Waals surface area contributed by atoms with Crippen molar-refractivity contribution in [2.24, 2.45) is 0 Å². The highest BCUT2D eigenvalue weighted by atomic mass is 16.3. The molecule has 0 radical (unpaired) electrons. The van der Waals surface area contributed by atoms with Crippen molar-refractivity contribution in [3.63, 3.8) is 0 Å². The first-order valence-corrected chi connectivity index (χ1v) is 9.45. The summed E-state index contributed by atoms with van der Waals surface area (Å²) in [6.45, 7) is 8.78. The van der Waals surface area contributed by atoms with Gasteiger partial charge in [-0.1, -0.05) is 30.3 Å². The molecule has 2 aromatic rings. The number of hydrogen-bond donors (Lipinski definition) is 2. The lowest BCUT2D eigenvalue weighted by Gasteiger charge is -2.46. The van der Waals surface area contributed by atoms with E-state index in [9.17, 15) is 4.79 Å². The highest BCUT2D eigenvalue weighted by molar-refractivity contribution is 5.76. The number of benzene rings is 1. The van der Waals surface area contributed by atoms with Crippen LogP contribution < -0.4 is 10.6 Å². The summed E-state index contributed by atoms with van der Waals surface area (Å²) in [6.07, 6.45) is 2.96. The zero-order valence-electron chi connectivity index (χ0n) is 16.3. The largest absolute Gasteiger partial charge is 0.461 e. The number of hydrogen-bond acceptors (Lipinski definition) is 3. The Labute approximate surface area is 156 Å². The number of amides is 1. The number of carbonyl (C=O) groups is 1. The van der Waals surface area contributed by atoms with Crippen LogP contribution in [0.15, 0.2) is 46.9 Å². The number of rotatable bonds is 5. The molecule has 4 nitrogen and oxygen atoms in total. The van der Waals surface area contributed by atoms with Crippen LogP contribution in [-0.4, -0.2) is 23.0 Å². The molecule has 2 heterocycles. The summed E-state index contributed by atoms with van der Waals surface area (Å²) >= 11 is 0. The van der Waals surface area contributed by atoms with Crippen LogP contribution in [0, 0.1) is 0 Å². The molecule has 1 fully saturated rings. The minimum Gasteiger partial charge on any atom is -0.461 e. The molecule has 0 atom stereocenters. The average molecular weight is 354 g/mol. The molecule has 4 heteroatoms. The van der Waals surface area contributed by atoms with Crippen molar-refractivity contribution in [1.29, 1.82) is 0 Å². The van der Waals surface area contributed by atoms with Crippen LogP contribution >= 0.6 is 0 Å². The van der Waals surface area contributed by atoms with Crippen LogP contribution in [0.3, 0.4) is 0 Å². The molecule has 2 N–H and O–H groups in total. The molecule has 0 spiro atoms. The molecule has 1 saturated heterocycles. The van der Waals surface area contributed by atoms with E-state index >= 15 is 0 Å². The molecule has 1 aromatic heterocycles. The fourth-order valence-corrected chi connectivity index (χ4v) is 4.23. The first kappa shape index (κ1) is 18.7. The summed E-state index contributed by atoms with van der Waals surface area (Å²) < 4.78 is 5.89. The van der Waals surface area contributed by atoms with Crippen molar-refractivity contribution in [3.8, 4) is 11.3 Å². The minimum absolute atomic E-state index is 0.0330. The van der Waals surface area contributed by atoms with Gasteiger partial charge in [-0.2, -0.15) is 0 Å². The Balaban J connectivity index is 1.52. The van der Waals surface area contributed by atoms with Crippen molar-refractivity contribution in [2.75, 3.05) is 0 Å². The van der Waals surface area contributed by atoms with Gasteiger partial charge in [0.15, 0.2) is 0 Å². The Morgan fingerprint density at radius 1 is 1.08 bits per heavy atom. The maximum absolute atomic E-state index is 12.4. The molecule has 3 rings (SSSR count). The van der Waals surface area contributed by atoms with Gasteiger partial charge in [-0.25, -0.2) is 0 Å². The van der Waals surface area contributed by atoms with Gasteiger partial charge < -0.3 is 15.1 Å². The quantitative estimate of drug-likeness (QED) is 0.841. The SMILES string of the molecule is CC1(C)CC(NC(=O)CCc2ccc(-c3ccccc3)o2)CC(C)(C)N1. The Bertz CT molecular complexity index is 731. The topological polar surface area (TPSA) is 54.3 Å². The van der Waals surface area contributed by atoms with Gasteiger partial charge >= 0.3 is 0 Å². The first-order valence-electron chi connectivity index (χ1n) is 9.45. The van der Waals surface area contributed by atoms with E-state index in [1.807, 2.05) is 42.5 Å². The first-order chi connectivity index (χ1) is 12.2. The molecule has 1 amide bonds. The number of furan rings is 1. The van der Waals surface area contributed by atoms with Gasteiger partial charge in [0.2, 0.25) is 5.91 Å². The maximum atomic E-state index is 12.4. The summed E-state index contributed by atoms with van der Waals surface area (Å²) in [5.41, 5.74) is 1.12. The van der Waals surface area contributed by atoms with Crippen LogP contribution in [-0.2, 0) is 11.2 Å². The average Bonchev–Trinajstić information content (AvgIpc) is 2.99. The second-order valence-corrected chi connectivity index (χ2v) is 8.70. The van der Waals surface area contributed by atoms with Crippen LogP contribution in [0.2, 0.25) is 0 Å². The molecule has 1 aromatic carbocycles. The van der Waals surface area contributed by atoms with Gasteiger partial charge in [0.05, 0.1) is 0 Å². The van der Waals surface area contributed by atoms with E-state index in [4.69, 9.17) is 4.42 Å². The third-order valence-electron chi connectivity index (χ3n) is 4.87. The molecule has 0 aliphatic carbocycles. The lowest BCUT2D eigenvalue weighted by molar-refractivity contribution is -0.122. The molecule has 26 heavy (non-hydrogen) atoms. The third-order valence-corrected chi connectivity index (χ3v) is 4.87. The van der Waals surface area contributed by atoms with E-state index in [0.717, 1.165) is 29.9 Å². The summed E-state index contributed by atoms with van der Waals surface area (Å²) in [7, 11) is 0. The minimum atomic E-state index is 0.0330. The predicted octanol–water partition coefficient (Wildman–Crippen LogP) is 4.30. The van der Waals surface area contributed by atoms with E-state index in [-0.39, 0.29) is 23.0 Å². The van der Waals surface area contributed by atoms with Gasteiger partial charge in [0.1, 0.15) is 11.5 Å². The number of carbonyl (C=O) groups excluding carboxylic acids is 1. The number of nitrogens with one attached hydrogen (secondary N) is 2. The van der Waals surface area contributed by atoms with Gasteiger partial charge in [0.25, 0.3) is 0 Å². The Hall–Kier alpha value is -2.07. The zero-order chi connectivity index (χ0) is 18.8. The van der Waals surface area contributed by atoms with Crippen molar-refractivity contribution in [3.05, 3.63) is 48.2 Å². The van der Waals surface area contributed by atoms with Crippen LogP contribution in [0.4, 0.5) is 0 Å². The zero-order valence-corrected chi connectivity index (χ0v) is 16.3. The second kappa shape index (κ2) is 7.28. The standard InChI is InChI=1S/C22H30N2O2/c1-21(2)14-17(15-22(3,4)24-21)23-20(25)13-11-18-10-12-19(26-18)16-8-6-5-7-9-16/h5-10,12,17,24H,11,13-15H2,1-4H3,(H,23,25). The maximum Gasteiger partial charge on any atom is 0.220 e. The molecule has 0 saturated carbocycles. The molecule has 0 unspecified atom stereocenters. The van der Waals surface area contributed by atoms with Crippen molar-refractivity contribution >= 4 is 5.91 Å². The van der Waals surface area contributed by atoms with Crippen molar-refractivity contribution in [1.82, 2.24) is 10.6 Å². The predicted molar refractivity (Wildman–Crippen MR) is 105 cm³/mol. The van der Waals surface area contributed by atoms with E-state index in [1.54, 1.807) is 0 Å². The normalized spacial score (nSPS) is 19.2. The van der Waals surface area contributed by atoms with Crippen molar-refractivity contribution in [2.45, 2.75) is 70.5 Å². The monoisotopic (exact) mass is 354 g/mol. The third kappa shape index (κ3) is 4.98. The molecule has 1 aliphatic heterocycles. The number of aryl methyl sites for hydroxylation is 1. The van der Waals surface area contributed by atoms with Crippen LogP contribution in [0.25, 0.3) is 11.3 Å². The fourth-order valence-electron chi connectivity index (χ4n) is 4.23. The molecule has 1 aliphatic rings. The fraction of sp³-hybridized carbons (Fsp3) is 0.500. The van der Waals surface area contributed by atoms with Crippen molar-refractivity contribution < 1.29 is 9.21 Å². The summed E-state index contributed by atoms with van der Waals surface area (Å²) in [4.78, 5) is 12.4.